The van der Waals surface area contributed by atoms with E-state index in [0.717, 1.165) is 0 Å². The highest BCUT2D eigenvalue weighted by atomic mass is 16.6. The van der Waals surface area contributed by atoms with E-state index < -0.39 is 34.8 Å². The molecule has 1 aliphatic heterocycles. The van der Waals surface area contributed by atoms with Gasteiger partial charge in [0.15, 0.2) is 0 Å². The molecule has 1 unspecified atom stereocenters. The van der Waals surface area contributed by atoms with Crippen molar-refractivity contribution in [1.82, 2.24) is 15.8 Å². The third-order valence-corrected chi connectivity index (χ3v) is 3.16. The fourth-order valence-corrected chi connectivity index (χ4v) is 2.22. The molecule has 0 radical (unpaired) electrons. The van der Waals surface area contributed by atoms with Crippen molar-refractivity contribution in [2.45, 2.75) is 65.3 Å². The van der Waals surface area contributed by atoms with Gasteiger partial charge in [0.1, 0.15) is 16.9 Å². The molecule has 0 aromatic carbocycles. The minimum atomic E-state index is -1.30. The van der Waals surface area contributed by atoms with Gasteiger partial charge in [0, 0.05) is 6.92 Å². The van der Waals surface area contributed by atoms with Crippen LogP contribution >= 0.6 is 0 Å². The van der Waals surface area contributed by atoms with E-state index >= 15 is 0 Å². The molecule has 8 nitrogen and oxygen atoms in total. The SMILES string of the molecule is CC(=O)NNC(=O)C1(C)COC(C)(C)N1C(=O)OC(C)(C)C. The Labute approximate surface area is 130 Å². The smallest absolute Gasteiger partial charge is 0.413 e. The Morgan fingerprint density at radius 3 is 2.14 bits per heavy atom. The van der Waals surface area contributed by atoms with Gasteiger partial charge in [0.25, 0.3) is 5.91 Å². The Morgan fingerprint density at radius 2 is 1.68 bits per heavy atom. The van der Waals surface area contributed by atoms with Crippen LogP contribution in [0.3, 0.4) is 0 Å². The van der Waals surface area contributed by atoms with Crippen LogP contribution in [0.15, 0.2) is 0 Å². The van der Waals surface area contributed by atoms with Gasteiger partial charge in [0.05, 0.1) is 6.61 Å². The van der Waals surface area contributed by atoms with E-state index in [1.54, 1.807) is 41.5 Å². The van der Waals surface area contributed by atoms with Crippen LogP contribution in [0, 0.1) is 0 Å². The molecule has 3 amide bonds. The second kappa shape index (κ2) is 5.75. The first-order valence-corrected chi connectivity index (χ1v) is 7.04. The first-order chi connectivity index (χ1) is 9.79. The summed E-state index contributed by atoms with van der Waals surface area (Å²) in [6.07, 6.45) is -0.657. The van der Waals surface area contributed by atoms with Crippen LogP contribution in [0.5, 0.6) is 0 Å². The van der Waals surface area contributed by atoms with Gasteiger partial charge in [-0.3, -0.25) is 25.3 Å². The number of carbonyl (C=O) groups excluding carboxylic acids is 3. The zero-order chi connectivity index (χ0) is 17.3. The monoisotopic (exact) mass is 315 g/mol. The van der Waals surface area contributed by atoms with E-state index in [0.29, 0.717) is 0 Å². The number of hydrogen-bond donors (Lipinski definition) is 2. The molecular formula is C14H25N3O5. The summed E-state index contributed by atoms with van der Waals surface area (Å²) < 4.78 is 11.0. The Kier molecular flexibility index (Phi) is 4.76. The predicted molar refractivity (Wildman–Crippen MR) is 78.5 cm³/mol. The van der Waals surface area contributed by atoms with Crippen molar-refractivity contribution in [3.8, 4) is 0 Å². The lowest BCUT2D eigenvalue weighted by atomic mass is 10.0. The van der Waals surface area contributed by atoms with Crippen molar-refractivity contribution < 1.29 is 23.9 Å². The molecule has 0 aromatic heterocycles. The molecule has 2 N–H and O–H groups in total. The van der Waals surface area contributed by atoms with E-state index in [9.17, 15) is 14.4 Å². The highest BCUT2D eigenvalue weighted by molar-refractivity contribution is 5.91. The van der Waals surface area contributed by atoms with Gasteiger partial charge in [-0.1, -0.05) is 0 Å². The van der Waals surface area contributed by atoms with Crippen molar-refractivity contribution in [1.29, 1.82) is 0 Å². The van der Waals surface area contributed by atoms with Crippen LogP contribution in [-0.4, -0.2) is 46.3 Å². The van der Waals surface area contributed by atoms with E-state index in [1.807, 2.05) is 0 Å². The van der Waals surface area contributed by atoms with Gasteiger partial charge in [0.2, 0.25) is 5.91 Å². The molecule has 1 atom stereocenters. The number of nitrogens with zero attached hydrogens (tertiary/aromatic N) is 1. The van der Waals surface area contributed by atoms with Crippen LogP contribution in [0.1, 0.15) is 48.5 Å². The highest BCUT2D eigenvalue weighted by Crippen LogP contribution is 2.36. The average molecular weight is 315 g/mol. The number of amides is 3. The lowest BCUT2D eigenvalue weighted by Gasteiger charge is -2.39. The molecule has 1 fully saturated rings. The molecule has 126 valence electrons. The first kappa shape index (κ1) is 18.2. The summed E-state index contributed by atoms with van der Waals surface area (Å²) in [5.41, 5.74) is 1.48. The largest absolute Gasteiger partial charge is 0.444 e. The molecule has 0 spiro atoms. The summed E-state index contributed by atoms with van der Waals surface area (Å²) in [6.45, 7) is 11.4. The lowest BCUT2D eigenvalue weighted by Crippen LogP contribution is -2.63. The molecule has 22 heavy (non-hydrogen) atoms. The molecule has 1 aliphatic rings. The van der Waals surface area contributed by atoms with E-state index in [4.69, 9.17) is 9.47 Å². The number of rotatable bonds is 1. The quantitative estimate of drug-likeness (QED) is 0.701. The van der Waals surface area contributed by atoms with Gasteiger partial charge in [-0.15, -0.1) is 0 Å². The molecule has 0 aromatic rings. The fraction of sp³-hybridized carbons (Fsp3) is 0.786. The number of ether oxygens (including phenoxy) is 2. The maximum absolute atomic E-state index is 12.5. The van der Waals surface area contributed by atoms with Crippen LogP contribution in [0.2, 0.25) is 0 Å². The fourth-order valence-electron chi connectivity index (χ4n) is 2.22. The van der Waals surface area contributed by atoms with Gasteiger partial charge < -0.3 is 9.47 Å². The third-order valence-electron chi connectivity index (χ3n) is 3.16. The zero-order valence-corrected chi connectivity index (χ0v) is 14.2. The van der Waals surface area contributed by atoms with Crippen LogP contribution < -0.4 is 10.9 Å². The number of nitrogens with one attached hydrogen (secondary N) is 2. The summed E-state index contributed by atoms with van der Waals surface area (Å²) in [6, 6.07) is 0. The second-order valence-corrected chi connectivity index (χ2v) is 6.96. The van der Waals surface area contributed by atoms with Crippen LogP contribution in [-0.2, 0) is 19.1 Å². The first-order valence-electron chi connectivity index (χ1n) is 7.04. The van der Waals surface area contributed by atoms with E-state index in [-0.39, 0.29) is 6.61 Å². The lowest BCUT2D eigenvalue weighted by molar-refractivity contribution is -0.136. The van der Waals surface area contributed by atoms with Crippen molar-refractivity contribution in [2.75, 3.05) is 6.61 Å². The average Bonchev–Trinajstić information content (AvgIpc) is 2.55. The highest BCUT2D eigenvalue weighted by Gasteiger charge is 2.57. The summed E-state index contributed by atoms with van der Waals surface area (Å²) in [5.74, 6) is -0.974. The molecule has 0 saturated carbocycles. The summed E-state index contributed by atoms with van der Waals surface area (Å²) >= 11 is 0. The topological polar surface area (TPSA) is 97.0 Å². The van der Waals surface area contributed by atoms with E-state index in [1.165, 1.54) is 11.8 Å². The maximum Gasteiger partial charge on any atom is 0.413 e. The number of hydrogen-bond acceptors (Lipinski definition) is 5. The van der Waals surface area contributed by atoms with Crippen LogP contribution in [0.4, 0.5) is 4.79 Å². The normalized spacial score (nSPS) is 23.9. The molecule has 8 heteroatoms. The van der Waals surface area contributed by atoms with Gasteiger partial charge >= 0.3 is 6.09 Å². The van der Waals surface area contributed by atoms with Crippen LogP contribution in [0.25, 0.3) is 0 Å². The van der Waals surface area contributed by atoms with Crippen molar-refractivity contribution in [2.24, 2.45) is 0 Å². The van der Waals surface area contributed by atoms with Gasteiger partial charge in [-0.25, -0.2) is 4.79 Å². The number of carbonyl (C=O) groups is 3. The summed E-state index contributed by atoms with van der Waals surface area (Å²) in [4.78, 5) is 37.1. The standard InChI is InChI=1S/C14H25N3O5/c1-9(18)15-16-10(19)14(7)8-21-13(5,6)17(14)11(20)22-12(2,3)4/h8H2,1-7H3,(H,15,18)(H,16,19). The molecule has 1 saturated heterocycles. The molecular weight excluding hydrogens is 290 g/mol. The Balaban J connectivity index is 3.04. The summed E-state index contributed by atoms with van der Waals surface area (Å²) in [5, 5.41) is 0. The Hall–Kier alpha value is -1.83. The van der Waals surface area contributed by atoms with Crippen molar-refractivity contribution in [3.05, 3.63) is 0 Å². The third kappa shape index (κ3) is 3.88. The van der Waals surface area contributed by atoms with Gasteiger partial charge in [-0.2, -0.15) is 0 Å². The number of hydrazine groups is 1. The molecule has 0 aliphatic carbocycles. The minimum Gasteiger partial charge on any atom is -0.444 e. The molecule has 1 rings (SSSR count). The van der Waals surface area contributed by atoms with Gasteiger partial charge in [-0.05, 0) is 41.5 Å². The predicted octanol–water partition coefficient (Wildman–Crippen LogP) is 0.916. The summed E-state index contributed by atoms with van der Waals surface area (Å²) in [7, 11) is 0. The Morgan fingerprint density at radius 1 is 1.14 bits per heavy atom. The Bertz CT molecular complexity index is 483. The minimum absolute atomic E-state index is 0.00926. The van der Waals surface area contributed by atoms with E-state index in [2.05, 4.69) is 10.9 Å². The molecule has 0 bridgehead atoms. The second-order valence-electron chi connectivity index (χ2n) is 6.96. The van der Waals surface area contributed by atoms with Crippen molar-refractivity contribution in [3.63, 3.8) is 0 Å². The maximum atomic E-state index is 12.5. The van der Waals surface area contributed by atoms with Crippen molar-refractivity contribution >= 4 is 17.9 Å². The molecule has 1 heterocycles. The zero-order valence-electron chi connectivity index (χ0n) is 14.2.